The van der Waals surface area contributed by atoms with Gasteiger partial charge in [-0.1, -0.05) is 46.9 Å². The van der Waals surface area contributed by atoms with Crippen LogP contribution < -0.4 is 5.01 Å². The van der Waals surface area contributed by atoms with Crippen LogP contribution in [0.25, 0.3) is 0 Å². The second kappa shape index (κ2) is 6.16. The molecule has 1 aliphatic rings. The van der Waals surface area contributed by atoms with E-state index in [0.29, 0.717) is 32.9 Å². The summed E-state index contributed by atoms with van der Waals surface area (Å²) >= 11 is 18.3. The van der Waals surface area contributed by atoms with E-state index in [4.69, 9.17) is 34.8 Å². The van der Waals surface area contributed by atoms with Crippen molar-refractivity contribution in [1.29, 1.82) is 0 Å². The third-order valence-corrected chi connectivity index (χ3v) is 4.75. The van der Waals surface area contributed by atoms with Gasteiger partial charge in [-0.15, -0.1) is 0 Å². The van der Waals surface area contributed by atoms with E-state index in [-0.39, 0.29) is 0 Å². The molecule has 1 unspecified atom stereocenters. The number of anilines is 1. The van der Waals surface area contributed by atoms with Gasteiger partial charge in [0.15, 0.2) is 6.29 Å². The Bertz CT molecular complexity index is 789. The van der Waals surface area contributed by atoms with Gasteiger partial charge in [0.05, 0.1) is 16.2 Å². The van der Waals surface area contributed by atoms with Crippen molar-refractivity contribution in [3.63, 3.8) is 0 Å². The van der Waals surface area contributed by atoms with Gasteiger partial charge in [0.25, 0.3) is 0 Å². The molecule has 118 valence electrons. The normalized spacial score (nSPS) is 20.5. The zero-order chi connectivity index (χ0) is 16.6. The van der Waals surface area contributed by atoms with Crippen LogP contribution in [-0.4, -0.2) is 12.0 Å². The molecular weight excluding hydrogens is 355 g/mol. The van der Waals surface area contributed by atoms with E-state index in [1.165, 1.54) is 0 Å². The molecule has 2 aromatic carbocycles. The lowest BCUT2D eigenvalue weighted by atomic mass is 9.87. The van der Waals surface area contributed by atoms with Crippen molar-refractivity contribution >= 4 is 52.5 Å². The molecular formula is C17H13Cl3N2O. The first-order valence-corrected chi connectivity index (χ1v) is 8.11. The van der Waals surface area contributed by atoms with Crippen LogP contribution in [0.1, 0.15) is 18.9 Å². The fourth-order valence-electron chi connectivity index (χ4n) is 2.77. The van der Waals surface area contributed by atoms with Gasteiger partial charge in [-0.2, -0.15) is 5.10 Å². The summed E-state index contributed by atoms with van der Waals surface area (Å²) < 4.78 is 0. The topological polar surface area (TPSA) is 32.7 Å². The Morgan fingerprint density at radius 1 is 1.09 bits per heavy atom. The number of halogens is 3. The standard InChI is InChI=1S/C17H13Cl3N2O/c1-17(11-2-4-12(18)5-3-11)9-14(10-23)21-22(17)16-7-6-13(19)8-15(16)20/h2-8,10H,9H2,1H3. The molecule has 0 saturated carbocycles. The quantitative estimate of drug-likeness (QED) is 0.687. The highest BCUT2D eigenvalue weighted by Gasteiger charge is 2.41. The number of rotatable bonds is 3. The molecule has 1 heterocycles. The van der Waals surface area contributed by atoms with E-state index < -0.39 is 5.54 Å². The Morgan fingerprint density at radius 2 is 1.74 bits per heavy atom. The van der Waals surface area contributed by atoms with Crippen LogP contribution in [0, 0.1) is 0 Å². The van der Waals surface area contributed by atoms with E-state index in [1.807, 2.05) is 31.2 Å². The highest BCUT2D eigenvalue weighted by Crippen LogP contribution is 2.43. The monoisotopic (exact) mass is 366 g/mol. The first kappa shape index (κ1) is 16.3. The van der Waals surface area contributed by atoms with Crippen LogP contribution >= 0.6 is 34.8 Å². The van der Waals surface area contributed by atoms with Crippen molar-refractivity contribution in [2.45, 2.75) is 18.9 Å². The van der Waals surface area contributed by atoms with Gasteiger partial charge in [0.2, 0.25) is 0 Å². The second-order valence-electron chi connectivity index (χ2n) is 5.57. The number of carbonyl (C=O) groups is 1. The molecule has 2 aromatic rings. The number of hydrazone groups is 1. The van der Waals surface area contributed by atoms with Crippen LogP contribution in [0.4, 0.5) is 5.69 Å². The summed E-state index contributed by atoms with van der Waals surface area (Å²) in [7, 11) is 0. The SMILES string of the molecule is CC1(c2ccc(Cl)cc2)CC(C=O)=NN1c1ccc(Cl)cc1Cl. The third-order valence-electron chi connectivity index (χ3n) is 3.96. The average Bonchev–Trinajstić information content (AvgIpc) is 2.86. The van der Waals surface area contributed by atoms with E-state index in [1.54, 1.807) is 23.2 Å². The van der Waals surface area contributed by atoms with Gasteiger partial charge in [0.1, 0.15) is 5.71 Å². The number of aldehydes is 1. The van der Waals surface area contributed by atoms with Crippen molar-refractivity contribution in [2.24, 2.45) is 5.10 Å². The summed E-state index contributed by atoms with van der Waals surface area (Å²) in [5.74, 6) is 0. The molecule has 0 aromatic heterocycles. The minimum Gasteiger partial charge on any atom is -0.296 e. The fourth-order valence-corrected chi connectivity index (χ4v) is 3.39. The van der Waals surface area contributed by atoms with Gasteiger partial charge < -0.3 is 0 Å². The maximum Gasteiger partial charge on any atom is 0.166 e. The predicted molar refractivity (Wildman–Crippen MR) is 95.9 cm³/mol. The van der Waals surface area contributed by atoms with E-state index in [0.717, 1.165) is 11.8 Å². The molecule has 0 saturated heterocycles. The Labute approximate surface area is 149 Å². The maximum atomic E-state index is 11.3. The molecule has 6 heteroatoms. The number of nitrogens with zero attached hydrogens (tertiary/aromatic N) is 2. The molecule has 0 bridgehead atoms. The average molecular weight is 368 g/mol. The second-order valence-corrected chi connectivity index (χ2v) is 6.85. The summed E-state index contributed by atoms with van der Waals surface area (Å²) in [5, 5.41) is 7.90. The predicted octanol–water partition coefficient (Wildman–Crippen LogP) is 5.33. The van der Waals surface area contributed by atoms with E-state index >= 15 is 0 Å². The van der Waals surface area contributed by atoms with Crippen molar-refractivity contribution < 1.29 is 4.79 Å². The summed E-state index contributed by atoms with van der Waals surface area (Å²) in [6, 6.07) is 12.7. The molecule has 0 radical (unpaired) electrons. The van der Waals surface area contributed by atoms with Gasteiger partial charge >= 0.3 is 0 Å². The molecule has 23 heavy (non-hydrogen) atoms. The lowest BCUT2D eigenvalue weighted by Crippen LogP contribution is -2.37. The van der Waals surface area contributed by atoms with Crippen molar-refractivity contribution in [1.82, 2.24) is 0 Å². The minimum absolute atomic E-state index is 0.466. The fraction of sp³-hybridized carbons (Fsp3) is 0.176. The van der Waals surface area contributed by atoms with Crippen LogP contribution in [-0.2, 0) is 10.3 Å². The summed E-state index contributed by atoms with van der Waals surface area (Å²) in [6.07, 6.45) is 1.26. The Morgan fingerprint density at radius 3 is 2.35 bits per heavy atom. The molecule has 0 spiro atoms. The minimum atomic E-state index is -0.529. The van der Waals surface area contributed by atoms with Gasteiger partial charge in [-0.25, -0.2) is 0 Å². The first-order valence-electron chi connectivity index (χ1n) is 6.98. The zero-order valence-electron chi connectivity index (χ0n) is 12.3. The van der Waals surface area contributed by atoms with Crippen molar-refractivity contribution in [2.75, 3.05) is 5.01 Å². The zero-order valence-corrected chi connectivity index (χ0v) is 14.5. The van der Waals surface area contributed by atoms with E-state index in [9.17, 15) is 4.79 Å². The first-order chi connectivity index (χ1) is 10.9. The largest absolute Gasteiger partial charge is 0.296 e. The van der Waals surface area contributed by atoms with Crippen LogP contribution in [0.2, 0.25) is 15.1 Å². The van der Waals surface area contributed by atoms with Crippen LogP contribution in [0.3, 0.4) is 0 Å². The van der Waals surface area contributed by atoms with Crippen molar-refractivity contribution in [3.8, 4) is 0 Å². The lowest BCUT2D eigenvalue weighted by Gasteiger charge is -2.35. The highest BCUT2D eigenvalue weighted by atomic mass is 35.5. The lowest BCUT2D eigenvalue weighted by molar-refractivity contribution is -0.102. The van der Waals surface area contributed by atoms with Crippen LogP contribution in [0.15, 0.2) is 47.6 Å². The summed E-state index contributed by atoms with van der Waals surface area (Å²) in [4.78, 5) is 11.3. The van der Waals surface area contributed by atoms with Gasteiger partial charge in [-0.05, 0) is 42.8 Å². The summed E-state index contributed by atoms with van der Waals surface area (Å²) in [6.45, 7) is 2.02. The Kier molecular flexibility index (Phi) is 4.37. The molecule has 3 rings (SSSR count). The van der Waals surface area contributed by atoms with Gasteiger partial charge in [-0.3, -0.25) is 9.80 Å². The number of benzene rings is 2. The van der Waals surface area contributed by atoms with Gasteiger partial charge in [0, 0.05) is 16.5 Å². The highest BCUT2D eigenvalue weighted by molar-refractivity contribution is 6.36. The number of hydrogen-bond acceptors (Lipinski definition) is 3. The molecule has 0 fully saturated rings. The smallest absolute Gasteiger partial charge is 0.166 e. The molecule has 0 aliphatic carbocycles. The Hall–Kier alpha value is -1.55. The molecule has 1 aliphatic heterocycles. The molecule has 3 nitrogen and oxygen atoms in total. The number of hydrogen-bond donors (Lipinski definition) is 0. The Balaban J connectivity index is 2.12. The number of carbonyl (C=O) groups excluding carboxylic acids is 1. The molecule has 1 atom stereocenters. The summed E-state index contributed by atoms with van der Waals surface area (Å²) in [5.41, 5.74) is 1.63. The van der Waals surface area contributed by atoms with Crippen molar-refractivity contribution in [3.05, 3.63) is 63.1 Å². The van der Waals surface area contributed by atoms with E-state index in [2.05, 4.69) is 5.10 Å². The molecule has 0 amide bonds. The molecule has 0 N–H and O–H groups in total. The third kappa shape index (κ3) is 2.97. The van der Waals surface area contributed by atoms with Crippen LogP contribution in [0.5, 0.6) is 0 Å². The maximum absolute atomic E-state index is 11.3.